The van der Waals surface area contributed by atoms with Gasteiger partial charge in [-0.1, -0.05) is 19.1 Å². The van der Waals surface area contributed by atoms with E-state index in [-0.39, 0.29) is 0 Å². The SMILES string of the molecule is CCN(CCCOCCOC)CC(N)=S. The maximum Gasteiger partial charge on any atom is 0.0870 e. The van der Waals surface area contributed by atoms with Crippen LogP contribution in [0.3, 0.4) is 0 Å². The molecular formula is C10H22N2O2S. The third-order valence-corrected chi connectivity index (χ3v) is 2.15. The topological polar surface area (TPSA) is 47.7 Å². The van der Waals surface area contributed by atoms with Gasteiger partial charge in [0.15, 0.2) is 0 Å². The Labute approximate surface area is 97.7 Å². The Balaban J connectivity index is 3.34. The Morgan fingerprint density at radius 1 is 1.33 bits per heavy atom. The minimum atomic E-state index is 0.553. The average molecular weight is 234 g/mol. The van der Waals surface area contributed by atoms with Gasteiger partial charge in [0, 0.05) is 26.8 Å². The quantitative estimate of drug-likeness (QED) is 0.444. The molecule has 0 aliphatic rings. The molecule has 0 aromatic carbocycles. The molecule has 4 nitrogen and oxygen atoms in total. The van der Waals surface area contributed by atoms with Crippen LogP contribution in [0.4, 0.5) is 0 Å². The number of ether oxygens (including phenoxy) is 2. The third kappa shape index (κ3) is 10.1. The van der Waals surface area contributed by atoms with Crippen LogP contribution in [0.5, 0.6) is 0 Å². The normalized spacial score (nSPS) is 10.9. The van der Waals surface area contributed by atoms with Gasteiger partial charge in [-0.15, -0.1) is 0 Å². The predicted molar refractivity (Wildman–Crippen MR) is 66.2 cm³/mol. The van der Waals surface area contributed by atoms with Crippen molar-refractivity contribution in [1.29, 1.82) is 0 Å². The molecule has 0 spiro atoms. The molecule has 0 bridgehead atoms. The second kappa shape index (κ2) is 10.3. The smallest absolute Gasteiger partial charge is 0.0870 e. The van der Waals surface area contributed by atoms with Crippen molar-refractivity contribution in [3.63, 3.8) is 0 Å². The van der Waals surface area contributed by atoms with E-state index in [9.17, 15) is 0 Å². The van der Waals surface area contributed by atoms with E-state index in [1.165, 1.54) is 0 Å². The average Bonchev–Trinajstić information content (AvgIpc) is 2.20. The first-order valence-corrected chi connectivity index (χ1v) is 5.68. The maximum atomic E-state index is 5.48. The van der Waals surface area contributed by atoms with E-state index in [1.807, 2.05) is 0 Å². The molecule has 0 aliphatic heterocycles. The van der Waals surface area contributed by atoms with Gasteiger partial charge in [-0.2, -0.15) is 0 Å². The van der Waals surface area contributed by atoms with Gasteiger partial charge in [-0.3, -0.25) is 4.90 Å². The summed E-state index contributed by atoms with van der Waals surface area (Å²) in [5.41, 5.74) is 5.48. The molecule has 0 amide bonds. The number of nitrogens with two attached hydrogens (primary N) is 1. The zero-order valence-electron chi connectivity index (χ0n) is 9.70. The van der Waals surface area contributed by atoms with E-state index in [0.29, 0.717) is 24.7 Å². The molecule has 0 fully saturated rings. The second-order valence-corrected chi connectivity index (χ2v) is 3.82. The summed E-state index contributed by atoms with van der Waals surface area (Å²) >= 11 is 4.86. The van der Waals surface area contributed by atoms with Crippen molar-refractivity contribution in [2.45, 2.75) is 13.3 Å². The molecular weight excluding hydrogens is 212 g/mol. The Morgan fingerprint density at radius 3 is 2.60 bits per heavy atom. The van der Waals surface area contributed by atoms with Gasteiger partial charge in [-0.25, -0.2) is 0 Å². The first kappa shape index (κ1) is 14.8. The third-order valence-electron chi connectivity index (χ3n) is 2.02. The molecule has 0 saturated heterocycles. The van der Waals surface area contributed by atoms with Crippen molar-refractivity contribution in [2.75, 3.05) is 46.6 Å². The van der Waals surface area contributed by atoms with E-state index < -0.39 is 0 Å². The van der Waals surface area contributed by atoms with E-state index >= 15 is 0 Å². The largest absolute Gasteiger partial charge is 0.392 e. The molecule has 2 N–H and O–H groups in total. The van der Waals surface area contributed by atoms with Gasteiger partial charge in [0.05, 0.1) is 18.2 Å². The van der Waals surface area contributed by atoms with Crippen molar-refractivity contribution in [1.82, 2.24) is 4.90 Å². The van der Waals surface area contributed by atoms with Crippen LogP contribution in [0.25, 0.3) is 0 Å². The van der Waals surface area contributed by atoms with Crippen LogP contribution >= 0.6 is 12.2 Å². The standard InChI is InChI=1S/C10H22N2O2S/c1-3-12(9-10(11)15)5-4-6-14-8-7-13-2/h3-9H2,1-2H3,(H2,11,15). The van der Waals surface area contributed by atoms with Crippen molar-refractivity contribution in [2.24, 2.45) is 5.73 Å². The van der Waals surface area contributed by atoms with Gasteiger partial charge in [0.2, 0.25) is 0 Å². The van der Waals surface area contributed by atoms with Crippen LogP contribution < -0.4 is 5.73 Å². The lowest BCUT2D eigenvalue weighted by Crippen LogP contribution is -2.33. The van der Waals surface area contributed by atoms with E-state index in [2.05, 4.69) is 11.8 Å². The fourth-order valence-electron chi connectivity index (χ4n) is 1.20. The highest BCUT2D eigenvalue weighted by Crippen LogP contribution is 1.92. The summed E-state index contributed by atoms with van der Waals surface area (Å²) in [6, 6.07) is 0. The number of hydrogen-bond donors (Lipinski definition) is 1. The van der Waals surface area contributed by atoms with Crippen molar-refractivity contribution < 1.29 is 9.47 Å². The second-order valence-electron chi connectivity index (χ2n) is 3.29. The van der Waals surface area contributed by atoms with Gasteiger partial charge >= 0.3 is 0 Å². The molecule has 0 aromatic heterocycles. The summed E-state index contributed by atoms with van der Waals surface area (Å²) in [4.78, 5) is 2.76. The number of thiocarbonyl (C=S) groups is 1. The minimum Gasteiger partial charge on any atom is -0.392 e. The van der Waals surface area contributed by atoms with Gasteiger partial charge in [0.1, 0.15) is 0 Å². The predicted octanol–water partition coefficient (Wildman–Crippen LogP) is 0.648. The van der Waals surface area contributed by atoms with E-state index in [1.54, 1.807) is 7.11 Å². The van der Waals surface area contributed by atoms with Crippen molar-refractivity contribution >= 4 is 17.2 Å². The summed E-state index contributed by atoms with van der Waals surface area (Å²) in [5, 5.41) is 0. The fraction of sp³-hybridized carbons (Fsp3) is 0.900. The van der Waals surface area contributed by atoms with Gasteiger partial charge in [0.25, 0.3) is 0 Å². The Bertz CT molecular complexity index is 168. The molecule has 0 radical (unpaired) electrons. The lowest BCUT2D eigenvalue weighted by atomic mass is 10.4. The van der Waals surface area contributed by atoms with Crippen LogP contribution in [-0.2, 0) is 9.47 Å². The van der Waals surface area contributed by atoms with Crippen molar-refractivity contribution in [3.05, 3.63) is 0 Å². The number of methoxy groups -OCH3 is 1. The van der Waals surface area contributed by atoms with Gasteiger partial charge in [-0.05, 0) is 13.0 Å². The molecule has 90 valence electrons. The highest BCUT2D eigenvalue weighted by molar-refractivity contribution is 7.80. The number of likely N-dealkylation sites (N-methyl/N-ethyl adjacent to an activating group) is 1. The zero-order chi connectivity index (χ0) is 11.5. The monoisotopic (exact) mass is 234 g/mol. The van der Waals surface area contributed by atoms with Crippen LogP contribution in [0.1, 0.15) is 13.3 Å². The molecule has 15 heavy (non-hydrogen) atoms. The number of rotatable bonds is 10. The van der Waals surface area contributed by atoms with Crippen LogP contribution in [0.15, 0.2) is 0 Å². The molecule has 0 unspecified atom stereocenters. The zero-order valence-corrected chi connectivity index (χ0v) is 10.5. The Kier molecular flexibility index (Phi) is 10.1. The summed E-state index contributed by atoms with van der Waals surface area (Å²) in [6.07, 6.45) is 1.00. The number of nitrogens with zero attached hydrogens (tertiary/aromatic N) is 1. The first-order chi connectivity index (χ1) is 7.20. The summed E-state index contributed by atoms with van der Waals surface area (Å²) in [5.74, 6) is 0. The highest BCUT2D eigenvalue weighted by atomic mass is 32.1. The molecule has 0 saturated carbocycles. The molecule has 0 atom stereocenters. The lowest BCUT2D eigenvalue weighted by Gasteiger charge is -2.19. The maximum absolute atomic E-state index is 5.48. The lowest BCUT2D eigenvalue weighted by molar-refractivity contribution is 0.0661. The molecule has 0 rings (SSSR count). The fourth-order valence-corrected chi connectivity index (χ4v) is 1.39. The highest BCUT2D eigenvalue weighted by Gasteiger charge is 2.02. The summed E-state index contributed by atoms with van der Waals surface area (Å²) in [7, 11) is 1.67. The Hall–Kier alpha value is -0.230. The minimum absolute atomic E-state index is 0.553. The van der Waals surface area contributed by atoms with Gasteiger partial charge < -0.3 is 15.2 Å². The summed E-state index contributed by atoms with van der Waals surface area (Å²) < 4.78 is 10.2. The van der Waals surface area contributed by atoms with Crippen molar-refractivity contribution in [3.8, 4) is 0 Å². The summed E-state index contributed by atoms with van der Waals surface area (Å²) in [6.45, 7) is 6.82. The van der Waals surface area contributed by atoms with E-state index in [0.717, 1.165) is 26.1 Å². The van der Waals surface area contributed by atoms with E-state index in [4.69, 9.17) is 27.4 Å². The van der Waals surface area contributed by atoms with Crippen LogP contribution in [-0.4, -0.2) is 56.5 Å². The Morgan fingerprint density at radius 2 is 2.07 bits per heavy atom. The first-order valence-electron chi connectivity index (χ1n) is 5.28. The van der Waals surface area contributed by atoms with Crippen LogP contribution in [0, 0.1) is 0 Å². The van der Waals surface area contributed by atoms with Crippen LogP contribution in [0.2, 0.25) is 0 Å². The molecule has 0 aromatic rings. The molecule has 0 heterocycles. The number of hydrogen-bond acceptors (Lipinski definition) is 4. The molecule has 0 aliphatic carbocycles. The molecule has 5 heteroatoms.